The highest BCUT2D eigenvalue weighted by Crippen LogP contribution is 2.15. The minimum atomic E-state index is 1.17. The maximum absolute atomic E-state index is 3.48. The van der Waals surface area contributed by atoms with Crippen LogP contribution >= 0.6 is 0 Å². The van der Waals surface area contributed by atoms with Crippen LogP contribution in [0.3, 0.4) is 0 Å². The summed E-state index contributed by atoms with van der Waals surface area (Å²) in [6, 6.07) is 10.9. The molecule has 0 aromatic heterocycles. The molecule has 21 heavy (non-hydrogen) atoms. The standard InChI is InChI=1S/C19H34N2/c1-3-5-17-21(19-13-9-8-10-14-19)18-12-7-6-11-16-20-15-4-2/h8-10,13-14,20H,3-7,11-12,15-18H2,1-2H3. The quantitative estimate of drug-likeness (QED) is 0.522. The van der Waals surface area contributed by atoms with Gasteiger partial charge in [0.25, 0.3) is 0 Å². The van der Waals surface area contributed by atoms with Crippen molar-refractivity contribution in [1.29, 1.82) is 0 Å². The number of anilines is 1. The lowest BCUT2D eigenvalue weighted by Crippen LogP contribution is -2.25. The Morgan fingerprint density at radius 3 is 2.19 bits per heavy atom. The molecule has 0 aliphatic rings. The van der Waals surface area contributed by atoms with Gasteiger partial charge in [0.15, 0.2) is 0 Å². The summed E-state index contributed by atoms with van der Waals surface area (Å²) in [5.41, 5.74) is 1.38. The lowest BCUT2D eigenvalue weighted by atomic mass is 10.1. The fraction of sp³-hybridized carbons (Fsp3) is 0.684. The molecule has 120 valence electrons. The van der Waals surface area contributed by atoms with Gasteiger partial charge in [-0.25, -0.2) is 0 Å². The second-order valence-electron chi connectivity index (χ2n) is 5.84. The molecular weight excluding hydrogens is 256 g/mol. The number of hydrogen-bond donors (Lipinski definition) is 1. The number of unbranched alkanes of at least 4 members (excludes halogenated alkanes) is 4. The van der Waals surface area contributed by atoms with Gasteiger partial charge in [0.2, 0.25) is 0 Å². The van der Waals surface area contributed by atoms with E-state index in [1.807, 2.05) is 0 Å². The highest BCUT2D eigenvalue weighted by atomic mass is 15.1. The first-order valence-electron chi connectivity index (χ1n) is 8.89. The first-order chi connectivity index (χ1) is 10.4. The molecule has 0 aliphatic heterocycles. The van der Waals surface area contributed by atoms with E-state index in [0.717, 1.165) is 0 Å². The molecule has 1 N–H and O–H groups in total. The second kappa shape index (κ2) is 12.7. The van der Waals surface area contributed by atoms with Crippen molar-refractivity contribution in [3.63, 3.8) is 0 Å². The van der Waals surface area contributed by atoms with Crippen LogP contribution in [0, 0.1) is 0 Å². The molecule has 0 amide bonds. The molecule has 0 radical (unpaired) electrons. The van der Waals surface area contributed by atoms with Crippen molar-refractivity contribution in [2.45, 2.75) is 58.8 Å². The predicted molar refractivity (Wildman–Crippen MR) is 95.2 cm³/mol. The minimum absolute atomic E-state index is 1.17. The lowest BCUT2D eigenvalue weighted by Gasteiger charge is -2.24. The van der Waals surface area contributed by atoms with E-state index < -0.39 is 0 Å². The lowest BCUT2D eigenvalue weighted by molar-refractivity contribution is 0.577. The van der Waals surface area contributed by atoms with Crippen molar-refractivity contribution in [1.82, 2.24) is 5.32 Å². The summed E-state index contributed by atoms with van der Waals surface area (Å²) in [5, 5.41) is 3.48. The minimum Gasteiger partial charge on any atom is -0.372 e. The first kappa shape index (κ1) is 18.0. The molecule has 2 heteroatoms. The van der Waals surface area contributed by atoms with Crippen LogP contribution in [-0.4, -0.2) is 26.2 Å². The highest BCUT2D eigenvalue weighted by Gasteiger charge is 2.04. The zero-order valence-corrected chi connectivity index (χ0v) is 14.1. The van der Waals surface area contributed by atoms with Crippen molar-refractivity contribution >= 4 is 5.69 Å². The van der Waals surface area contributed by atoms with Gasteiger partial charge in [-0.15, -0.1) is 0 Å². The summed E-state index contributed by atoms with van der Waals surface area (Å²) in [4.78, 5) is 2.55. The van der Waals surface area contributed by atoms with Crippen molar-refractivity contribution < 1.29 is 0 Å². The Kier molecular flexibility index (Phi) is 10.9. The molecule has 0 saturated carbocycles. The second-order valence-corrected chi connectivity index (χ2v) is 5.84. The fourth-order valence-electron chi connectivity index (χ4n) is 2.57. The Labute approximate surface area is 131 Å². The molecule has 2 nitrogen and oxygen atoms in total. The molecule has 1 aromatic rings. The van der Waals surface area contributed by atoms with Crippen LogP contribution in [0.4, 0.5) is 5.69 Å². The molecule has 0 aliphatic carbocycles. The molecule has 0 fully saturated rings. The number of nitrogens with zero attached hydrogens (tertiary/aromatic N) is 1. The summed E-state index contributed by atoms with van der Waals surface area (Å²) in [6.45, 7) is 9.24. The number of nitrogens with one attached hydrogen (secondary N) is 1. The van der Waals surface area contributed by atoms with E-state index in [4.69, 9.17) is 0 Å². The zero-order chi connectivity index (χ0) is 15.2. The van der Waals surface area contributed by atoms with Gasteiger partial charge in [-0.1, -0.05) is 51.3 Å². The van der Waals surface area contributed by atoms with Gasteiger partial charge in [-0.3, -0.25) is 0 Å². The molecule has 0 spiro atoms. The van der Waals surface area contributed by atoms with Crippen LogP contribution in [0.15, 0.2) is 30.3 Å². The van der Waals surface area contributed by atoms with Gasteiger partial charge in [-0.2, -0.15) is 0 Å². The first-order valence-corrected chi connectivity index (χ1v) is 8.89. The third-order valence-electron chi connectivity index (χ3n) is 3.86. The fourth-order valence-corrected chi connectivity index (χ4v) is 2.57. The topological polar surface area (TPSA) is 15.3 Å². The van der Waals surface area contributed by atoms with Gasteiger partial charge in [-0.05, 0) is 50.9 Å². The van der Waals surface area contributed by atoms with E-state index in [0.29, 0.717) is 0 Å². The molecule has 0 atom stereocenters. The average molecular weight is 290 g/mol. The number of para-hydroxylation sites is 1. The van der Waals surface area contributed by atoms with E-state index in [1.165, 1.54) is 76.8 Å². The largest absolute Gasteiger partial charge is 0.372 e. The van der Waals surface area contributed by atoms with Crippen molar-refractivity contribution in [2.24, 2.45) is 0 Å². The maximum Gasteiger partial charge on any atom is 0.0366 e. The molecule has 0 unspecified atom stereocenters. The Morgan fingerprint density at radius 2 is 1.48 bits per heavy atom. The number of hydrogen-bond acceptors (Lipinski definition) is 2. The van der Waals surface area contributed by atoms with Crippen LogP contribution in [0.25, 0.3) is 0 Å². The highest BCUT2D eigenvalue weighted by molar-refractivity contribution is 5.45. The summed E-state index contributed by atoms with van der Waals surface area (Å²) in [5.74, 6) is 0. The molecule has 0 bridgehead atoms. The summed E-state index contributed by atoms with van der Waals surface area (Å²) < 4.78 is 0. The van der Waals surface area contributed by atoms with Crippen LogP contribution in [0.5, 0.6) is 0 Å². The van der Waals surface area contributed by atoms with E-state index in [1.54, 1.807) is 0 Å². The van der Waals surface area contributed by atoms with Crippen LogP contribution in [0.2, 0.25) is 0 Å². The molecule has 1 aromatic carbocycles. The third-order valence-corrected chi connectivity index (χ3v) is 3.86. The monoisotopic (exact) mass is 290 g/mol. The van der Waals surface area contributed by atoms with E-state index in [2.05, 4.69) is 54.4 Å². The van der Waals surface area contributed by atoms with Gasteiger partial charge in [0, 0.05) is 18.8 Å². The van der Waals surface area contributed by atoms with E-state index in [9.17, 15) is 0 Å². The van der Waals surface area contributed by atoms with Crippen molar-refractivity contribution in [2.75, 3.05) is 31.1 Å². The van der Waals surface area contributed by atoms with Crippen LogP contribution < -0.4 is 10.2 Å². The Bertz CT molecular complexity index is 324. The maximum atomic E-state index is 3.48. The van der Waals surface area contributed by atoms with Crippen LogP contribution in [0.1, 0.15) is 58.8 Å². The Balaban J connectivity index is 2.18. The SMILES string of the molecule is CCCCN(CCCCCCNCCC)c1ccccc1. The molecule has 0 saturated heterocycles. The number of rotatable bonds is 13. The Morgan fingerprint density at radius 1 is 0.762 bits per heavy atom. The molecule has 1 rings (SSSR count). The van der Waals surface area contributed by atoms with Gasteiger partial charge in [0.1, 0.15) is 0 Å². The van der Waals surface area contributed by atoms with Gasteiger partial charge in [0.05, 0.1) is 0 Å². The van der Waals surface area contributed by atoms with E-state index in [-0.39, 0.29) is 0 Å². The van der Waals surface area contributed by atoms with E-state index >= 15 is 0 Å². The third kappa shape index (κ3) is 8.77. The normalized spacial score (nSPS) is 10.8. The van der Waals surface area contributed by atoms with Crippen molar-refractivity contribution in [3.8, 4) is 0 Å². The van der Waals surface area contributed by atoms with Gasteiger partial charge < -0.3 is 10.2 Å². The smallest absolute Gasteiger partial charge is 0.0366 e. The predicted octanol–water partition coefficient (Wildman–Crippen LogP) is 4.85. The zero-order valence-electron chi connectivity index (χ0n) is 14.1. The average Bonchev–Trinajstić information content (AvgIpc) is 2.53. The van der Waals surface area contributed by atoms with Crippen LogP contribution in [-0.2, 0) is 0 Å². The Hall–Kier alpha value is -1.02. The molecule has 0 heterocycles. The summed E-state index contributed by atoms with van der Waals surface area (Å²) in [6.07, 6.45) is 9.13. The van der Waals surface area contributed by atoms with Crippen molar-refractivity contribution in [3.05, 3.63) is 30.3 Å². The summed E-state index contributed by atoms with van der Waals surface area (Å²) >= 11 is 0. The van der Waals surface area contributed by atoms with Gasteiger partial charge >= 0.3 is 0 Å². The number of benzene rings is 1. The molecular formula is C19H34N2. The summed E-state index contributed by atoms with van der Waals surface area (Å²) in [7, 11) is 0.